The molecule has 1 N–H and O–H groups in total. The van der Waals surface area contributed by atoms with Crippen LogP contribution in [0, 0.1) is 0 Å². The van der Waals surface area contributed by atoms with Crippen molar-refractivity contribution in [1.29, 1.82) is 0 Å². The summed E-state index contributed by atoms with van der Waals surface area (Å²) in [7, 11) is 1.44. The Hall–Kier alpha value is -2.57. The number of methoxy groups -OCH3 is 1. The Morgan fingerprint density at radius 3 is 2.71 bits per heavy atom. The third-order valence-corrected chi connectivity index (χ3v) is 3.19. The average molecular weight is 291 g/mol. The number of aromatic nitrogens is 3. The van der Waals surface area contributed by atoms with Crippen LogP contribution in [-0.2, 0) is 16.1 Å². The summed E-state index contributed by atoms with van der Waals surface area (Å²) in [5.41, 5.74) is 0.840. The number of aliphatic carboxylic acids is 1. The van der Waals surface area contributed by atoms with Crippen LogP contribution in [-0.4, -0.2) is 32.4 Å². The van der Waals surface area contributed by atoms with Crippen molar-refractivity contribution in [3.8, 4) is 0 Å². The number of fused-ring (bicyclic) bond motifs is 1. The summed E-state index contributed by atoms with van der Waals surface area (Å²) in [6, 6.07) is 1.74. The molecule has 112 valence electrons. The zero-order chi connectivity index (χ0) is 15.7. The Balaban J connectivity index is 2.79. The zero-order valence-electron chi connectivity index (χ0n) is 12.2. The molecule has 2 aromatic heterocycles. The fourth-order valence-electron chi connectivity index (χ4n) is 2.00. The maximum absolute atomic E-state index is 12.3. The van der Waals surface area contributed by atoms with Gasteiger partial charge in [0.05, 0.1) is 7.11 Å². The van der Waals surface area contributed by atoms with Crippen LogP contribution in [0.15, 0.2) is 23.6 Å². The van der Waals surface area contributed by atoms with Gasteiger partial charge >= 0.3 is 5.97 Å². The van der Waals surface area contributed by atoms with Crippen molar-refractivity contribution in [2.45, 2.75) is 26.3 Å². The first-order chi connectivity index (χ1) is 9.85. The average Bonchev–Trinajstić information content (AvgIpc) is 2.86. The van der Waals surface area contributed by atoms with Crippen LogP contribution in [0.3, 0.4) is 0 Å². The molecule has 0 spiro atoms. The van der Waals surface area contributed by atoms with Gasteiger partial charge in [0.1, 0.15) is 12.1 Å². The van der Waals surface area contributed by atoms with Crippen molar-refractivity contribution in [2.75, 3.05) is 7.11 Å². The van der Waals surface area contributed by atoms with E-state index < -0.39 is 18.1 Å². The van der Waals surface area contributed by atoms with Gasteiger partial charge in [-0.15, -0.1) is 5.10 Å². The minimum Gasteiger partial charge on any atom is -0.493 e. The van der Waals surface area contributed by atoms with E-state index in [0.29, 0.717) is 11.3 Å². The molecule has 0 saturated carbocycles. The summed E-state index contributed by atoms with van der Waals surface area (Å²) < 4.78 is 7.56. The summed E-state index contributed by atoms with van der Waals surface area (Å²) in [6.07, 6.45) is 1.79. The minimum absolute atomic E-state index is 0.223. The van der Waals surface area contributed by atoms with Gasteiger partial charge in [0.25, 0.3) is 5.56 Å². The molecule has 0 fully saturated rings. The summed E-state index contributed by atoms with van der Waals surface area (Å²) in [4.78, 5) is 23.2. The second kappa shape index (κ2) is 5.43. The highest BCUT2D eigenvalue weighted by molar-refractivity contribution is 5.67. The van der Waals surface area contributed by atoms with Crippen molar-refractivity contribution in [3.63, 3.8) is 0 Å². The van der Waals surface area contributed by atoms with Gasteiger partial charge in [-0.3, -0.25) is 14.0 Å². The molecule has 0 unspecified atom stereocenters. The highest BCUT2D eigenvalue weighted by Crippen LogP contribution is 2.19. The Kier molecular flexibility index (Phi) is 3.84. The van der Waals surface area contributed by atoms with Crippen LogP contribution in [0.1, 0.15) is 31.2 Å². The number of carboxylic acid groups (broad SMARTS) is 1. The fourth-order valence-corrected chi connectivity index (χ4v) is 2.00. The SMILES string of the molecule is C=C(OC)c1nn(CC(=O)O)c(=O)c2cc(C(C)C)cn12. The van der Waals surface area contributed by atoms with E-state index in [0.717, 1.165) is 10.2 Å². The van der Waals surface area contributed by atoms with Crippen molar-refractivity contribution in [3.05, 3.63) is 40.6 Å². The lowest BCUT2D eigenvalue weighted by molar-refractivity contribution is -0.138. The molecule has 0 amide bonds. The van der Waals surface area contributed by atoms with Crippen molar-refractivity contribution in [1.82, 2.24) is 14.2 Å². The molecule has 0 radical (unpaired) electrons. The van der Waals surface area contributed by atoms with Crippen molar-refractivity contribution < 1.29 is 14.6 Å². The van der Waals surface area contributed by atoms with E-state index in [1.54, 1.807) is 16.7 Å². The molecular formula is C14H17N3O4. The topological polar surface area (TPSA) is 85.8 Å². The Bertz CT molecular complexity index is 770. The van der Waals surface area contributed by atoms with E-state index in [1.807, 2.05) is 13.8 Å². The van der Waals surface area contributed by atoms with Gasteiger partial charge in [0.2, 0.25) is 0 Å². The molecule has 0 aliphatic heterocycles. The molecule has 7 nitrogen and oxygen atoms in total. The lowest BCUT2D eigenvalue weighted by atomic mass is 10.1. The van der Waals surface area contributed by atoms with Gasteiger partial charge in [0, 0.05) is 6.20 Å². The van der Waals surface area contributed by atoms with Gasteiger partial charge in [-0.1, -0.05) is 20.4 Å². The summed E-state index contributed by atoms with van der Waals surface area (Å²) >= 11 is 0. The number of hydrogen-bond donors (Lipinski definition) is 1. The van der Waals surface area contributed by atoms with Crippen LogP contribution in [0.5, 0.6) is 0 Å². The molecule has 7 heteroatoms. The highest BCUT2D eigenvalue weighted by Gasteiger charge is 2.17. The molecule has 2 heterocycles. The Morgan fingerprint density at radius 1 is 1.52 bits per heavy atom. The lowest BCUT2D eigenvalue weighted by Gasteiger charge is -2.10. The van der Waals surface area contributed by atoms with E-state index in [1.165, 1.54) is 7.11 Å². The van der Waals surface area contributed by atoms with E-state index in [9.17, 15) is 9.59 Å². The van der Waals surface area contributed by atoms with Crippen molar-refractivity contribution >= 4 is 17.2 Å². The first kappa shape index (κ1) is 14.8. The molecule has 0 saturated heterocycles. The van der Waals surface area contributed by atoms with Gasteiger partial charge in [-0.25, -0.2) is 4.68 Å². The van der Waals surface area contributed by atoms with Gasteiger partial charge in [0.15, 0.2) is 11.6 Å². The van der Waals surface area contributed by atoms with Crippen LogP contribution in [0.4, 0.5) is 0 Å². The normalized spacial score (nSPS) is 11.0. The van der Waals surface area contributed by atoms with Gasteiger partial charge in [-0.2, -0.15) is 0 Å². The lowest BCUT2D eigenvalue weighted by Crippen LogP contribution is -2.29. The molecule has 0 aliphatic carbocycles. The molecule has 0 aliphatic rings. The number of nitrogens with zero attached hydrogens (tertiary/aromatic N) is 3. The summed E-state index contributed by atoms with van der Waals surface area (Å²) in [5.74, 6) is -0.357. The molecule has 0 bridgehead atoms. The smallest absolute Gasteiger partial charge is 0.325 e. The van der Waals surface area contributed by atoms with E-state index in [-0.39, 0.29) is 11.7 Å². The van der Waals surface area contributed by atoms with E-state index in [4.69, 9.17) is 9.84 Å². The van der Waals surface area contributed by atoms with Crippen LogP contribution in [0.2, 0.25) is 0 Å². The highest BCUT2D eigenvalue weighted by atomic mass is 16.5. The second-order valence-corrected chi connectivity index (χ2v) is 4.99. The minimum atomic E-state index is -1.14. The standard InChI is InChI=1S/C14H17N3O4/c1-8(2)10-5-11-14(20)17(7-12(18)19)15-13(9(3)21-4)16(11)6-10/h5-6,8H,3,7H2,1-2,4H3,(H,18,19). The third-order valence-electron chi connectivity index (χ3n) is 3.19. The molecule has 2 aromatic rings. The fraction of sp³-hybridized carbons (Fsp3) is 0.357. The molecule has 21 heavy (non-hydrogen) atoms. The first-order valence-corrected chi connectivity index (χ1v) is 6.43. The first-order valence-electron chi connectivity index (χ1n) is 6.43. The molecule has 0 atom stereocenters. The van der Waals surface area contributed by atoms with Crippen LogP contribution >= 0.6 is 0 Å². The predicted octanol–water partition coefficient (Wildman–Crippen LogP) is 1.32. The van der Waals surface area contributed by atoms with E-state index >= 15 is 0 Å². The van der Waals surface area contributed by atoms with Crippen LogP contribution in [0.25, 0.3) is 11.3 Å². The maximum atomic E-state index is 12.3. The van der Waals surface area contributed by atoms with E-state index in [2.05, 4.69) is 11.7 Å². The number of rotatable bonds is 5. The van der Waals surface area contributed by atoms with Crippen LogP contribution < -0.4 is 5.56 Å². The number of carboxylic acids is 1. The van der Waals surface area contributed by atoms with Gasteiger partial charge < -0.3 is 9.84 Å². The predicted molar refractivity (Wildman–Crippen MR) is 77.2 cm³/mol. The monoisotopic (exact) mass is 291 g/mol. The second-order valence-electron chi connectivity index (χ2n) is 4.99. The Labute approximate surface area is 121 Å². The van der Waals surface area contributed by atoms with Crippen molar-refractivity contribution in [2.24, 2.45) is 0 Å². The maximum Gasteiger partial charge on any atom is 0.325 e. The number of hydrogen-bond acceptors (Lipinski definition) is 4. The molecular weight excluding hydrogens is 274 g/mol. The third kappa shape index (κ3) is 2.67. The molecule has 0 aromatic carbocycles. The zero-order valence-corrected chi connectivity index (χ0v) is 12.2. The number of carbonyl (C=O) groups is 1. The number of ether oxygens (including phenoxy) is 1. The molecule has 2 rings (SSSR count). The summed E-state index contributed by atoms with van der Waals surface area (Å²) in [6.45, 7) is 7.22. The largest absolute Gasteiger partial charge is 0.493 e. The quantitative estimate of drug-likeness (QED) is 0.840. The van der Waals surface area contributed by atoms with Gasteiger partial charge in [-0.05, 0) is 17.5 Å². The summed E-state index contributed by atoms with van der Waals surface area (Å²) in [5, 5.41) is 12.9. The Morgan fingerprint density at radius 2 is 2.19 bits per heavy atom.